The van der Waals surface area contributed by atoms with Crippen molar-refractivity contribution in [3.05, 3.63) is 375 Å². The number of fused-ring (bicyclic) bond motifs is 10. The predicted molar refractivity (Wildman–Crippen MR) is 591 cm³/mol. The van der Waals surface area contributed by atoms with Crippen molar-refractivity contribution in [1.82, 2.24) is 9.55 Å². The van der Waals surface area contributed by atoms with Crippen molar-refractivity contribution in [2.24, 2.45) is 0 Å². The Morgan fingerprint density at radius 1 is 0.400 bits per heavy atom. The summed E-state index contributed by atoms with van der Waals surface area (Å²) in [5.41, 5.74) is 43.4. The van der Waals surface area contributed by atoms with Crippen molar-refractivity contribution in [1.29, 1.82) is 0 Å². The van der Waals surface area contributed by atoms with E-state index in [0.29, 0.717) is 66.2 Å². The molecule has 2 aliphatic heterocycles. The third-order valence-corrected chi connectivity index (χ3v) is 31.2. The van der Waals surface area contributed by atoms with Gasteiger partial charge in [-0.3, -0.25) is 9.10 Å². The average Bonchev–Trinajstić information content (AvgIpc) is 1.62. The molecule has 20 rings (SSSR count). The number of nitrogens with one attached hydrogen (secondary N) is 1. The Morgan fingerprint density at radius 2 is 0.836 bits per heavy atom. The maximum atomic E-state index is 11.9. The number of aliphatic hydroxyl groups is 5. The first kappa shape index (κ1) is 110. The van der Waals surface area contributed by atoms with Crippen LogP contribution in [-0.4, -0.2) is 91.2 Å². The maximum Gasteiger partial charge on any atom is 0.239 e. The Balaban J connectivity index is 0.000000149. The highest BCUT2D eigenvalue weighted by atomic mass is 32.2. The first-order chi connectivity index (χ1) is 66.4. The fraction of sp³-hybridized carbons (Fsp3) is 0.400. The van der Waals surface area contributed by atoms with Gasteiger partial charge in [0.1, 0.15) is 0 Å². The normalized spacial score (nSPS) is 15.2. The van der Waals surface area contributed by atoms with E-state index in [2.05, 4.69) is 337 Å². The summed E-state index contributed by atoms with van der Waals surface area (Å²) in [7, 11) is -4.33. The lowest BCUT2D eigenvalue weighted by atomic mass is 9.95. The zero-order valence-corrected chi connectivity index (χ0v) is 89.6. The Morgan fingerprint density at radius 3 is 1.38 bits per heavy atom. The number of sulfonamides is 1. The highest BCUT2D eigenvalue weighted by Gasteiger charge is 2.32. The number of anilines is 1. The molecule has 744 valence electrons. The molecular formula is C125H157N3O10S2. The molecule has 13 nitrogen and oxygen atoms in total. The summed E-state index contributed by atoms with van der Waals surface area (Å²) in [6.45, 7) is 51.1. The number of carbonyl (C=O) groups is 1. The first-order valence-electron chi connectivity index (χ1n) is 50.8. The van der Waals surface area contributed by atoms with Crippen LogP contribution < -0.4 is 4.31 Å². The minimum atomic E-state index is -3.09. The van der Waals surface area contributed by atoms with Gasteiger partial charge in [0.05, 0.1) is 48.9 Å². The van der Waals surface area contributed by atoms with Gasteiger partial charge in [-0.2, -0.15) is 0 Å². The SMILES string of the molecule is CC(C)=C1C(=O)Cc2ccc(C(C)C)cc21.CC(C)c1ccc2c(c1)C(CCO)=CC2.CC(C)c1ccc2c(c1)C(CO)=CC2.CC(C)c1ccc2c(c1)C(O)CC2.CC(C)c1ccc2c(c1)CC=C2CO.CC(C)c1ccc2c(c1)CS(=O)(=O)C2.CC(C)c1ccc2c(c1)CS(=O)(=O)N2C.CC(C)c1ccc2c(ccn2CCO)c1.CC1=CCc2ccc(C(C)C)cc21.Cc1ccc2cc(C)[nH]c2c1. The molecule has 0 bridgehead atoms. The second-order valence-electron chi connectivity index (χ2n) is 41.9. The molecule has 0 spiro atoms. The predicted octanol–water partition coefficient (Wildman–Crippen LogP) is 28.8. The number of carbonyl (C=O) groups excluding carboxylic acids is 1. The zero-order valence-electron chi connectivity index (χ0n) is 87.9. The summed E-state index contributed by atoms with van der Waals surface area (Å²) in [5.74, 6) is 5.74. The fourth-order valence-electron chi connectivity index (χ4n) is 19.0. The second kappa shape index (κ2) is 49.2. The van der Waals surface area contributed by atoms with E-state index in [9.17, 15) is 31.8 Å². The molecular weight excluding hydrogens is 1770 g/mol. The summed E-state index contributed by atoms with van der Waals surface area (Å²) in [5, 5.41) is 48.5. The molecule has 10 aromatic carbocycles. The van der Waals surface area contributed by atoms with Gasteiger partial charge in [-0.1, -0.05) is 312 Å². The van der Waals surface area contributed by atoms with Crippen LogP contribution in [0.15, 0.2) is 230 Å². The monoisotopic (exact) mass is 1920 g/mol. The van der Waals surface area contributed by atoms with Gasteiger partial charge >= 0.3 is 0 Å². The van der Waals surface area contributed by atoms with E-state index in [4.69, 9.17) is 15.3 Å². The lowest BCUT2D eigenvalue weighted by molar-refractivity contribution is -0.112. The van der Waals surface area contributed by atoms with Gasteiger partial charge in [0, 0.05) is 55.1 Å². The average molecular weight is 1930 g/mol. The number of nitrogens with zero attached hydrogens (tertiary/aromatic N) is 2. The summed E-state index contributed by atoms with van der Waals surface area (Å²) in [4.78, 5) is 15.2. The van der Waals surface area contributed by atoms with Gasteiger partial charge in [-0.05, 0) is 341 Å². The molecule has 1 unspecified atom stereocenters. The molecule has 0 fully saturated rings. The maximum absolute atomic E-state index is 11.9. The van der Waals surface area contributed by atoms with Gasteiger partial charge in [-0.15, -0.1) is 0 Å². The van der Waals surface area contributed by atoms with Crippen LogP contribution in [0.4, 0.5) is 5.69 Å². The molecule has 2 aromatic heterocycles. The number of H-pyrrole nitrogens is 1. The lowest BCUT2D eigenvalue weighted by Gasteiger charge is -2.12. The number of benzene rings is 10. The van der Waals surface area contributed by atoms with Crippen molar-refractivity contribution in [2.45, 2.75) is 294 Å². The van der Waals surface area contributed by atoms with Crippen molar-refractivity contribution >= 4 is 81.0 Å². The third kappa shape index (κ3) is 28.1. The van der Waals surface area contributed by atoms with Crippen LogP contribution in [0.1, 0.15) is 362 Å². The molecule has 6 N–H and O–H groups in total. The largest absolute Gasteiger partial charge is 0.396 e. The van der Waals surface area contributed by atoms with Crippen LogP contribution in [0.2, 0.25) is 0 Å². The Bertz CT molecular complexity index is 6760. The van der Waals surface area contributed by atoms with Gasteiger partial charge < -0.3 is 35.1 Å². The van der Waals surface area contributed by atoms with Crippen molar-refractivity contribution in [2.75, 3.05) is 37.8 Å². The molecule has 12 aromatic rings. The third-order valence-electron chi connectivity index (χ3n) is 28.0. The number of rotatable bonds is 15. The number of aromatic amines is 1. The Hall–Kier alpha value is -10.9. The number of aryl methyl sites for hydroxylation is 3. The molecule has 6 aliphatic carbocycles. The van der Waals surface area contributed by atoms with Gasteiger partial charge in [0.2, 0.25) is 10.0 Å². The highest BCUT2D eigenvalue weighted by Crippen LogP contribution is 2.41. The van der Waals surface area contributed by atoms with Gasteiger partial charge in [-0.25, -0.2) is 16.8 Å². The molecule has 8 aliphatic rings. The van der Waals surface area contributed by atoms with E-state index < -0.39 is 19.9 Å². The standard InChI is InChI=1S/C15H18O.C14H18O.C13H17NO.2C13H16O.C13H16.C12H16O.C11H15NO2S.C11H14O2S.C10H11N/c1-9(2)11-5-6-12-8-14(16)15(10(3)4)13(12)7-11;1-10(2)13-6-5-11-3-4-12(7-8-15)14(11)9-13;1-10(2)11-3-4-13-12(9-11)5-6-14(13)7-8-15;1-9(2)11-5-3-10-4-6-12(8-14)13(10)7-11;1-9(2)10-5-6-13-11(7-10)3-4-12(13)8-14;1-9(2)12-7-6-11-5-4-10(3)13(11)8-12;1-8(2)10-4-3-9-5-6-12(13)11(9)7-10;1-8(2)9-4-5-11-10(6-9)7-15(13,14)12(11)3;1-8(2)9-3-4-10-6-14(12,13)7-11(10)5-9;1-7-3-4-9-6-8(2)11-10(9)5-7/h5-7,9H,8H2,1-4H3;4-6,9-10,15H,3,7-8H2,1-2H3;3-6,9-10,15H,7-8H2,1-2H3;3,5-7,9,14H,4,8H2,1-2H3;4-7,9,14H,3,8H2,1-2H3;4,6-9H,5H2,1-3H3;3-4,7-8,12-13H,5-6H2,1-2H3;4-6,8H,7H2,1-3H3;3-5,8H,6-7H2,1-2H3;3-6,11H,1-2H3. The summed E-state index contributed by atoms with van der Waals surface area (Å²) in [6.07, 6.45) is 18.0. The van der Waals surface area contributed by atoms with Crippen molar-refractivity contribution in [3.63, 3.8) is 0 Å². The minimum Gasteiger partial charge on any atom is -0.396 e. The van der Waals surface area contributed by atoms with E-state index in [1.54, 1.807) is 7.05 Å². The molecule has 0 saturated carbocycles. The van der Waals surface area contributed by atoms with Crippen LogP contribution in [0.25, 0.3) is 49.7 Å². The van der Waals surface area contributed by atoms with Gasteiger partial charge in [0.15, 0.2) is 15.6 Å². The summed E-state index contributed by atoms with van der Waals surface area (Å²) < 4.78 is 49.4. The van der Waals surface area contributed by atoms with E-state index >= 15 is 0 Å². The quantitative estimate of drug-likeness (QED) is 0.0535. The van der Waals surface area contributed by atoms with Crippen LogP contribution in [0, 0.1) is 13.8 Å². The van der Waals surface area contributed by atoms with Crippen LogP contribution >= 0.6 is 0 Å². The molecule has 0 radical (unpaired) electrons. The molecule has 0 saturated heterocycles. The number of aromatic nitrogens is 2. The van der Waals surface area contributed by atoms with Crippen LogP contribution in [-0.2, 0) is 87.0 Å². The van der Waals surface area contributed by atoms with E-state index in [-0.39, 0.29) is 55.6 Å². The first-order valence-corrected chi connectivity index (χ1v) is 54.2. The van der Waals surface area contributed by atoms with Gasteiger partial charge in [0.25, 0.3) is 0 Å². The summed E-state index contributed by atoms with van der Waals surface area (Å²) >= 11 is 0. The van der Waals surface area contributed by atoms with E-state index in [1.165, 1.54) is 154 Å². The lowest BCUT2D eigenvalue weighted by Crippen LogP contribution is -2.20. The molecule has 4 heterocycles. The Labute approximate surface area is 838 Å². The smallest absolute Gasteiger partial charge is 0.239 e. The van der Waals surface area contributed by atoms with Crippen molar-refractivity contribution in [3.8, 4) is 0 Å². The summed E-state index contributed by atoms with van der Waals surface area (Å²) in [6, 6.07) is 68.9. The number of hydrogen-bond donors (Lipinski definition) is 6. The second-order valence-corrected chi connectivity index (χ2v) is 46.0. The molecule has 140 heavy (non-hydrogen) atoms. The van der Waals surface area contributed by atoms with Crippen LogP contribution in [0.3, 0.4) is 0 Å². The molecule has 1 atom stereocenters. The number of sulfone groups is 1. The number of Topliss-reactive ketones (excluding diaryl/α,β-unsaturated/α-hetero) is 1. The highest BCUT2D eigenvalue weighted by molar-refractivity contribution is 7.92. The number of ketones is 1. The van der Waals surface area contributed by atoms with Crippen molar-refractivity contribution < 1.29 is 47.2 Å². The minimum absolute atomic E-state index is 0.138. The zero-order chi connectivity index (χ0) is 102. The number of hydrogen-bond acceptors (Lipinski definition) is 10. The molecule has 15 heteroatoms. The topological polar surface area (TPSA) is 210 Å². The number of allylic oxidation sites excluding steroid dienone is 7. The fourth-order valence-corrected chi connectivity index (χ4v) is 21.9. The van der Waals surface area contributed by atoms with E-state index in [1.807, 2.05) is 56.4 Å². The molecule has 0 amide bonds. The Kier molecular flexibility index (Phi) is 38.5. The van der Waals surface area contributed by atoms with E-state index in [0.717, 1.165) is 101 Å². The number of aliphatic hydroxyl groups excluding tert-OH is 5. The van der Waals surface area contributed by atoms with Crippen LogP contribution in [0.5, 0.6) is 0 Å².